The van der Waals surface area contributed by atoms with Crippen molar-refractivity contribution in [2.24, 2.45) is 13.0 Å². The fraction of sp³-hybridized carbons (Fsp3) is 0.789. The van der Waals surface area contributed by atoms with Crippen LogP contribution in [0.3, 0.4) is 0 Å². The summed E-state index contributed by atoms with van der Waals surface area (Å²) in [7, 11) is 6.22. The van der Waals surface area contributed by atoms with Crippen molar-refractivity contribution in [3.8, 4) is 0 Å². The molecular weight excluding hydrogens is 300 g/mol. The highest BCUT2D eigenvalue weighted by Crippen LogP contribution is 2.28. The number of hydrogen-bond acceptors (Lipinski definition) is 3. The van der Waals surface area contributed by atoms with E-state index in [2.05, 4.69) is 36.3 Å². The van der Waals surface area contributed by atoms with Gasteiger partial charge in [0.15, 0.2) is 0 Å². The summed E-state index contributed by atoms with van der Waals surface area (Å²) in [5.74, 6) is 0.872. The van der Waals surface area contributed by atoms with Gasteiger partial charge in [0, 0.05) is 31.7 Å². The van der Waals surface area contributed by atoms with Crippen LogP contribution in [0.25, 0.3) is 0 Å². The zero-order valence-corrected chi connectivity index (χ0v) is 16.1. The molecule has 1 fully saturated rings. The molecule has 1 saturated carbocycles. The molecule has 1 amide bonds. The Bertz CT molecular complexity index is 544. The topological polar surface area (TPSA) is 50.2 Å². The summed E-state index contributed by atoms with van der Waals surface area (Å²) >= 11 is 0. The molecule has 0 aromatic carbocycles. The fourth-order valence-corrected chi connectivity index (χ4v) is 4.01. The molecule has 0 bridgehead atoms. The Hall–Kier alpha value is -1.36. The first kappa shape index (κ1) is 19.0. The van der Waals surface area contributed by atoms with Crippen LogP contribution in [0.1, 0.15) is 55.5 Å². The minimum atomic E-state index is 0.153. The van der Waals surface area contributed by atoms with E-state index in [0.29, 0.717) is 12.5 Å². The molecule has 1 aromatic heterocycles. The molecule has 1 heterocycles. The van der Waals surface area contributed by atoms with Crippen LogP contribution in [-0.2, 0) is 18.3 Å². The van der Waals surface area contributed by atoms with Crippen molar-refractivity contribution in [1.82, 2.24) is 20.0 Å². The second-order valence-electron chi connectivity index (χ2n) is 7.51. The van der Waals surface area contributed by atoms with E-state index in [4.69, 9.17) is 0 Å². The molecule has 24 heavy (non-hydrogen) atoms. The second kappa shape index (κ2) is 8.65. The average molecular weight is 335 g/mol. The van der Waals surface area contributed by atoms with Crippen LogP contribution < -0.4 is 5.32 Å². The Morgan fingerprint density at radius 1 is 1.29 bits per heavy atom. The van der Waals surface area contributed by atoms with E-state index in [0.717, 1.165) is 30.3 Å². The van der Waals surface area contributed by atoms with Gasteiger partial charge in [-0.3, -0.25) is 9.48 Å². The molecule has 1 aliphatic rings. The van der Waals surface area contributed by atoms with Crippen molar-refractivity contribution in [3.05, 3.63) is 17.0 Å². The number of carbonyl (C=O) groups is 1. The highest BCUT2D eigenvalue weighted by molar-refractivity contribution is 5.76. The fourth-order valence-electron chi connectivity index (χ4n) is 4.01. The van der Waals surface area contributed by atoms with E-state index in [9.17, 15) is 4.79 Å². The number of amides is 1. The molecule has 5 heteroatoms. The number of aryl methyl sites for hydroxylation is 2. The molecule has 0 unspecified atom stereocenters. The Kier molecular flexibility index (Phi) is 6.84. The number of hydrogen-bond donors (Lipinski definition) is 1. The van der Waals surface area contributed by atoms with Crippen molar-refractivity contribution < 1.29 is 4.79 Å². The molecule has 1 N–H and O–H groups in total. The van der Waals surface area contributed by atoms with Crippen LogP contribution in [0.5, 0.6) is 0 Å². The van der Waals surface area contributed by atoms with Crippen molar-refractivity contribution >= 4 is 5.91 Å². The van der Waals surface area contributed by atoms with Gasteiger partial charge in [-0.25, -0.2) is 0 Å². The Labute approximate surface area is 146 Å². The van der Waals surface area contributed by atoms with Gasteiger partial charge >= 0.3 is 0 Å². The lowest BCUT2D eigenvalue weighted by Gasteiger charge is -2.35. The minimum Gasteiger partial charge on any atom is -0.355 e. The Morgan fingerprint density at radius 2 is 1.96 bits per heavy atom. The third-order valence-electron chi connectivity index (χ3n) is 5.63. The van der Waals surface area contributed by atoms with E-state index >= 15 is 0 Å². The molecule has 1 aliphatic carbocycles. The molecule has 1 aromatic rings. The van der Waals surface area contributed by atoms with Crippen LogP contribution in [0.2, 0.25) is 0 Å². The predicted octanol–water partition coefficient (Wildman–Crippen LogP) is 2.60. The maximum Gasteiger partial charge on any atom is 0.220 e. The van der Waals surface area contributed by atoms with Crippen LogP contribution in [-0.4, -0.2) is 47.3 Å². The zero-order valence-electron chi connectivity index (χ0n) is 16.1. The van der Waals surface area contributed by atoms with Gasteiger partial charge in [0.25, 0.3) is 0 Å². The zero-order chi connectivity index (χ0) is 17.7. The second-order valence-corrected chi connectivity index (χ2v) is 7.51. The summed E-state index contributed by atoms with van der Waals surface area (Å²) in [4.78, 5) is 14.6. The van der Waals surface area contributed by atoms with E-state index in [1.165, 1.54) is 37.7 Å². The molecule has 2 rings (SSSR count). The molecule has 0 spiro atoms. The van der Waals surface area contributed by atoms with Crippen molar-refractivity contribution in [2.75, 3.05) is 20.6 Å². The largest absolute Gasteiger partial charge is 0.355 e. The smallest absolute Gasteiger partial charge is 0.220 e. The molecule has 136 valence electrons. The van der Waals surface area contributed by atoms with E-state index in [-0.39, 0.29) is 5.91 Å². The molecule has 5 nitrogen and oxygen atoms in total. The van der Waals surface area contributed by atoms with E-state index in [1.54, 1.807) is 0 Å². The van der Waals surface area contributed by atoms with E-state index < -0.39 is 0 Å². The summed E-state index contributed by atoms with van der Waals surface area (Å²) in [6, 6.07) is 0.455. The minimum absolute atomic E-state index is 0.153. The highest BCUT2D eigenvalue weighted by Gasteiger charge is 2.25. The van der Waals surface area contributed by atoms with Gasteiger partial charge in [0.1, 0.15) is 0 Å². The predicted molar refractivity (Wildman–Crippen MR) is 98.1 cm³/mol. The quantitative estimate of drug-likeness (QED) is 0.834. The molecule has 0 saturated heterocycles. The van der Waals surface area contributed by atoms with Gasteiger partial charge < -0.3 is 10.2 Å². The first-order chi connectivity index (χ1) is 11.4. The first-order valence-electron chi connectivity index (χ1n) is 9.32. The lowest BCUT2D eigenvalue weighted by molar-refractivity contribution is -0.121. The lowest BCUT2D eigenvalue weighted by atomic mass is 9.83. The molecule has 0 radical (unpaired) electrons. The first-order valence-corrected chi connectivity index (χ1v) is 9.32. The van der Waals surface area contributed by atoms with Gasteiger partial charge in [-0.2, -0.15) is 5.10 Å². The van der Waals surface area contributed by atoms with Gasteiger partial charge in [-0.05, 0) is 58.7 Å². The summed E-state index contributed by atoms with van der Waals surface area (Å²) in [6.45, 7) is 4.85. The van der Waals surface area contributed by atoms with Crippen molar-refractivity contribution in [1.29, 1.82) is 0 Å². The van der Waals surface area contributed by atoms with Crippen LogP contribution in [0.4, 0.5) is 0 Å². The van der Waals surface area contributed by atoms with Crippen molar-refractivity contribution in [2.45, 2.75) is 64.8 Å². The summed E-state index contributed by atoms with van der Waals surface area (Å²) < 4.78 is 1.90. The van der Waals surface area contributed by atoms with Crippen LogP contribution in [0.15, 0.2) is 0 Å². The number of likely N-dealkylation sites (N-methyl/N-ethyl adjacent to an activating group) is 1. The van der Waals surface area contributed by atoms with Crippen molar-refractivity contribution in [3.63, 3.8) is 0 Å². The normalized spacial score (nSPS) is 17.2. The third kappa shape index (κ3) is 4.82. The van der Waals surface area contributed by atoms with E-state index in [1.807, 2.05) is 18.7 Å². The SMILES string of the molecule is Cc1nn(C)c(C)c1CCC(=O)NC[C@H](C1CCCCC1)N(C)C. The van der Waals surface area contributed by atoms with Crippen LogP contribution in [0, 0.1) is 19.8 Å². The maximum atomic E-state index is 12.3. The number of carbonyl (C=O) groups excluding carboxylic acids is 1. The highest BCUT2D eigenvalue weighted by atomic mass is 16.1. The Morgan fingerprint density at radius 3 is 2.50 bits per heavy atom. The lowest BCUT2D eigenvalue weighted by Crippen LogP contribution is -2.45. The summed E-state index contributed by atoms with van der Waals surface area (Å²) in [6.07, 6.45) is 7.95. The van der Waals surface area contributed by atoms with Crippen LogP contribution >= 0.6 is 0 Å². The molecule has 0 aliphatic heterocycles. The average Bonchev–Trinajstić information content (AvgIpc) is 2.79. The molecule has 1 atom stereocenters. The monoisotopic (exact) mass is 334 g/mol. The third-order valence-corrected chi connectivity index (χ3v) is 5.63. The molecular formula is C19H34N4O. The number of rotatable bonds is 7. The van der Waals surface area contributed by atoms with Gasteiger partial charge in [-0.15, -0.1) is 0 Å². The van der Waals surface area contributed by atoms with Gasteiger partial charge in [0.05, 0.1) is 5.69 Å². The van der Waals surface area contributed by atoms with Gasteiger partial charge in [0.2, 0.25) is 5.91 Å². The number of aromatic nitrogens is 2. The Balaban J connectivity index is 1.82. The summed E-state index contributed by atoms with van der Waals surface area (Å²) in [5, 5.41) is 7.59. The summed E-state index contributed by atoms with van der Waals surface area (Å²) in [5.41, 5.74) is 3.41. The number of nitrogens with one attached hydrogen (secondary N) is 1. The van der Waals surface area contributed by atoms with Gasteiger partial charge in [-0.1, -0.05) is 19.3 Å². The number of nitrogens with zero attached hydrogens (tertiary/aromatic N) is 3. The standard InChI is InChI=1S/C19H34N4O/c1-14-17(15(2)23(5)21-14)11-12-19(24)20-13-18(22(3)4)16-9-7-6-8-10-16/h16,18H,6-13H2,1-5H3,(H,20,24)/t18-/m1/s1. The maximum absolute atomic E-state index is 12.3.